The Kier molecular flexibility index (Phi) is 4.49. The minimum Gasteiger partial charge on any atom is -0.493 e. The molecule has 0 bridgehead atoms. The Morgan fingerprint density at radius 2 is 1.65 bits per heavy atom. The molecule has 0 fully saturated rings. The first-order valence-corrected chi connectivity index (χ1v) is 7.22. The minimum absolute atomic E-state index is 0.600. The molecule has 0 amide bonds. The quantitative estimate of drug-likeness (QED) is 0.842. The number of methoxy groups -OCH3 is 3. The third kappa shape index (κ3) is 2.58. The first-order chi connectivity index (χ1) is 9.64. The maximum atomic E-state index is 5.38. The van der Waals surface area contributed by atoms with Crippen LogP contribution >= 0.6 is 11.3 Å². The Hall–Kier alpha value is -1.75. The highest BCUT2D eigenvalue weighted by molar-refractivity contribution is 7.15. The van der Waals surface area contributed by atoms with E-state index in [-0.39, 0.29) is 0 Å². The third-order valence-electron chi connectivity index (χ3n) is 3.14. The van der Waals surface area contributed by atoms with Gasteiger partial charge >= 0.3 is 0 Å². The van der Waals surface area contributed by atoms with Crippen molar-refractivity contribution in [2.45, 2.75) is 20.3 Å². The van der Waals surface area contributed by atoms with Gasteiger partial charge in [-0.15, -0.1) is 11.3 Å². The van der Waals surface area contributed by atoms with E-state index in [1.807, 2.05) is 12.1 Å². The molecule has 4 nitrogen and oxygen atoms in total. The van der Waals surface area contributed by atoms with Crippen LogP contribution < -0.4 is 14.2 Å². The summed E-state index contributed by atoms with van der Waals surface area (Å²) < 4.78 is 16.1. The monoisotopic (exact) mass is 293 g/mol. The summed E-state index contributed by atoms with van der Waals surface area (Å²) in [4.78, 5) is 5.92. The van der Waals surface area contributed by atoms with Gasteiger partial charge < -0.3 is 14.2 Å². The van der Waals surface area contributed by atoms with Crippen LogP contribution in [0.3, 0.4) is 0 Å². The van der Waals surface area contributed by atoms with E-state index in [0.717, 1.165) is 22.7 Å². The fourth-order valence-electron chi connectivity index (χ4n) is 2.08. The van der Waals surface area contributed by atoms with E-state index in [1.54, 1.807) is 32.7 Å². The normalized spacial score (nSPS) is 10.4. The van der Waals surface area contributed by atoms with E-state index < -0.39 is 0 Å². The lowest BCUT2D eigenvalue weighted by Crippen LogP contribution is -1.95. The van der Waals surface area contributed by atoms with Crippen molar-refractivity contribution < 1.29 is 14.2 Å². The van der Waals surface area contributed by atoms with Gasteiger partial charge in [0.05, 0.1) is 27.0 Å². The number of thiazole rings is 1. The standard InChI is InChI=1S/C15H19NO3S/c1-6-11-9(2)20-15(16-11)10-7-12(17-3)14(19-5)13(8-10)18-4/h7-8H,6H2,1-5H3. The van der Waals surface area contributed by atoms with Crippen LogP contribution in [0.4, 0.5) is 0 Å². The summed E-state index contributed by atoms with van der Waals surface area (Å²) in [6, 6.07) is 3.86. The summed E-state index contributed by atoms with van der Waals surface area (Å²) in [7, 11) is 4.83. The molecule has 0 radical (unpaired) electrons. The van der Waals surface area contributed by atoms with E-state index in [9.17, 15) is 0 Å². The Balaban J connectivity index is 2.56. The minimum atomic E-state index is 0.600. The molecule has 1 heterocycles. The lowest BCUT2D eigenvalue weighted by atomic mass is 10.2. The second-order valence-corrected chi connectivity index (χ2v) is 5.49. The molecular weight excluding hydrogens is 274 g/mol. The fourth-order valence-corrected chi connectivity index (χ4v) is 3.07. The fraction of sp³-hybridized carbons (Fsp3) is 0.400. The van der Waals surface area contributed by atoms with Gasteiger partial charge in [-0.2, -0.15) is 0 Å². The third-order valence-corrected chi connectivity index (χ3v) is 4.20. The maximum absolute atomic E-state index is 5.38. The van der Waals surface area contributed by atoms with E-state index in [1.165, 1.54) is 4.88 Å². The van der Waals surface area contributed by atoms with Crippen LogP contribution in [0.25, 0.3) is 10.6 Å². The molecule has 5 heteroatoms. The van der Waals surface area contributed by atoms with Gasteiger partial charge in [-0.1, -0.05) is 6.92 Å². The highest BCUT2D eigenvalue weighted by atomic mass is 32.1. The number of hydrogen-bond donors (Lipinski definition) is 0. The van der Waals surface area contributed by atoms with Gasteiger partial charge in [-0.25, -0.2) is 4.98 Å². The van der Waals surface area contributed by atoms with E-state index >= 15 is 0 Å². The predicted molar refractivity (Wildman–Crippen MR) is 81.3 cm³/mol. The Labute approximate surface area is 123 Å². The molecule has 0 saturated heterocycles. The first-order valence-electron chi connectivity index (χ1n) is 6.41. The van der Waals surface area contributed by atoms with Crippen LogP contribution in [0.5, 0.6) is 17.2 Å². The van der Waals surface area contributed by atoms with Crippen LogP contribution in [-0.2, 0) is 6.42 Å². The summed E-state index contributed by atoms with van der Waals surface area (Å²) in [6.45, 7) is 4.21. The van der Waals surface area contributed by atoms with Crippen LogP contribution in [0.15, 0.2) is 12.1 Å². The van der Waals surface area contributed by atoms with Gasteiger partial charge in [0.15, 0.2) is 11.5 Å². The summed E-state index contributed by atoms with van der Waals surface area (Å²) in [5.41, 5.74) is 2.12. The van der Waals surface area contributed by atoms with Gasteiger partial charge in [0, 0.05) is 10.4 Å². The molecule has 0 N–H and O–H groups in total. The molecule has 2 aromatic rings. The van der Waals surface area contributed by atoms with Crippen LogP contribution in [0.2, 0.25) is 0 Å². The zero-order chi connectivity index (χ0) is 14.7. The molecule has 0 unspecified atom stereocenters. The lowest BCUT2D eigenvalue weighted by molar-refractivity contribution is 0.324. The molecule has 0 spiro atoms. The van der Waals surface area contributed by atoms with Crippen molar-refractivity contribution in [2.24, 2.45) is 0 Å². The summed E-state index contributed by atoms with van der Waals surface area (Å²) in [5.74, 6) is 1.89. The molecule has 0 atom stereocenters. The van der Waals surface area contributed by atoms with Crippen molar-refractivity contribution >= 4 is 11.3 Å². The molecule has 2 rings (SSSR count). The van der Waals surface area contributed by atoms with Crippen LogP contribution in [-0.4, -0.2) is 26.3 Å². The van der Waals surface area contributed by atoms with Gasteiger partial charge in [-0.05, 0) is 25.5 Å². The van der Waals surface area contributed by atoms with Gasteiger partial charge in [0.1, 0.15) is 5.01 Å². The number of aromatic nitrogens is 1. The molecule has 1 aromatic heterocycles. The zero-order valence-electron chi connectivity index (χ0n) is 12.4. The summed E-state index contributed by atoms with van der Waals surface area (Å²) >= 11 is 1.68. The Morgan fingerprint density at radius 3 is 2.05 bits per heavy atom. The number of hydrogen-bond acceptors (Lipinski definition) is 5. The largest absolute Gasteiger partial charge is 0.493 e. The number of rotatable bonds is 5. The molecule has 0 aliphatic carbocycles. The number of ether oxygens (including phenoxy) is 3. The average Bonchev–Trinajstić information content (AvgIpc) is 2.86. The lowest BCUT2D eigenvalue weighted by Gasteiger charge is -2.13. The summed E-state index contributed by atoms with van der Waals surface area (Å²) in [6.07, 6.45) is 0.937. The second-order valence-electron chi connectivity index (χ2n) is 4.29. The average molecular weight is 293 g/mol. The highest BCUT2D eigenvalue weighted by Gasteiger charge is 2.16. The van der Waals surface area contributed by atoms with Crippen molar-refractivity contribution in [2.75, 3.05) is 21.3 Å². The summed E-state index contributed by atoms with van der Waals surface area (Å²) in [5, 5.41) is 0.971. The number of benzene rings is 1. The van der Waals surface area contributed by atoms with Crippen molar-refractivity contribution in [1.29, 1.82) is 0 Å². The van der Waals surface area contributed by atoms with Crippen LogP contribution in [0, 0.1) is 6.92 Å². The van der Waals surface area contributed by atoms with Crippen molar-refractivity contribution in [3.8, 4) is 27.8 Å². The van der Waals surface area contributed by atoms with Gasteiger partial charge in [0.25, 0.3) is 0 Å². The molecular formula is C15H19NO3S. The van der Waals surface area contributed by atoms with Crippen LogP contribution in [0.1, 0.15) is 17.5 Å². The van der Waals surface area contributed by atoms with E-state index in [4.69, 9.17) is 14.2 Å². The Bertz CT molecular complexity index is 582. The smallest absolute Gasteiger partial charge is 0.203 e. The zero-order valence-corrected chi connectivity index (χ0v) is 13.3. The van der Waals surface area contributed by atoms with Crippen molar-refractivity contribution in [3.63, 3.8) is 0 Å². The van der Waals surface area contributed by atoms with Crippen molar-refractivity contribution in [1.82, 2.24) is 4.98 Å². The SMILES string of the molecule is CCc1nc(-c2cc(OC)c(OC)c(OC)c2)sc1C. The van der Waals surface area contributed by atoms with Gasteiger partial charge in [0.2, 0.25) is 5.75 Å². The molecule has 108 valence electrons. The van der Waals surface area contributed by atoms with Crippen molar-refractivity contribution in [3.05, 3.63) is 22.7 Å². The van der Waals surface area contributed by atoms with E-state index in [2.05, 4.69) is 18.8 Å². The maximum Gasteiger partial charge on any atom is 0.203 e. The Morgan fingerprint density at radius 1 is 1.05 bits per heavy atom. The predicted octanol–water partition coefficient (Wildman–Crippen LogP) is 3.71. The number of nitrogens with zero attached hydrogens (tertiary/aromatic N) is 1. The first kappa shape index (κ1) is 14.7. The molecule has 0 aliphatic heterocycles. The molecule has 20 heavy (non-hydrogen) atoms. The topological polar surface area (TPSA) is 40.6 Å². The molecule has 1 aromatic carbocycles. The van der Waals surface area contributed by atoms with E-state index in [0.29, 0.717) is 17.2 Å². The highest BCUT2D eigenvalue weighted by Crippen LogP contribution is 2.42. The number of aryl methyl sites for hydroxylation is 2. The van der Waals surface area contributed by atoms with Gasteiger partial charge in [-0.3, -0.25) is 0 Å². The molecule has 0 saturated carbocycles. The molecule has 0 aliphatic rings. The second kappa shape index (κ2) is 6.13.